The van der Waals surface area contributed by atoms with E-state index in [0.29, 0.717) is 16.5 Å². The minimum atomic E-state index is -1.46. The monoisotopic (exact) mass is 430 g/mol. The van der Waals surface area contributed by atoms with Gasteiger partial charge in [0.2, 0.25) is 6.79 Å². The van der Waals surface area contributed by atoms with Crippen LogP contribution in [0.25, 0.3) is 6.08 Å². The molecule has 0 spiro atoms. The minimum absolute atomic E-state index is 0.106. The number of methoxy groups -OCH3 is 1. The third-order valence-corrected chi connectivity index (χ3v) is 5.92. The minimum Gasteiger partial charge on any atom is -0.497 e. The van der Waals surface area contributed by atoms with Crippen LogP contribution in [0.15, 0.2) is 42.2 Å². The molecule has 2 aliphatic heterocycles. The lowest BCUT2D eigenvalue weighted by molar-refractivity contribution is -0.140. The maximum absolute atomic E-state index is 12.8. The molecule has 2 aromatic carbocycles. The Kier molecular flexibility index (Phi) is 5.38. The van der Waals surface area contributed by atoms with E-state index in [4.69, 9.17) is 30.5 Å². The zero-order valence-corrected chi connectivity index (χ0v) is 17.7. The topological polar surface area (TPSA) is 74.2 Å². The van der Waals surface area contributed by atoms with Crippen molar-refractivity contribution < 1.29 is 28.8 Å². The average molecular weight is 431 g/mol. The van der Waals surface area contributed by atoms with Gasteiger partial charge in [-0.25, -0.2) is 0 Å². The molecule has 2 atom stereocenters. The van der Waals surface area contributed by atoms with E-state index in [2.05, 4.69) is 0 Å². The van der Waals surface area contributed by atoms with Crippen LogP contribution in [0, 0.1) is 11.8 Å². The van der Waals surface area contributed by atoms with Crippen molar-refractivity contribution in [3.05, 3.63) is 58.3 Å². The van der Waals surface area contributed by atoms with Crippen molar-refractivity contribution in [1.82, 2.24) is 0 Å². The molecule has 7 heteroatoms. The molecule has 0 bridgehead atoms. The smallest absolute Gasteiger partial charge is 0.317 e. The Morgan fingerprint density at radius 3 is 2.67 bits per heavy atom. The molecule has 6 nitrogen and oxygen atoms in total. The van der Waals surface area contributed by atoms with Crippen LogP contribution in [-0.2, 0) is 16.0 Å². The summed E-state index contributed by atoms with van der Waals surface area (Å²) in [6.45, 7) is 3.83. The van der Waals surface area contributed by atoms with Crippen LogP contribution in [0.3, 0.4) is 0 Å². The van der Waals surface area contributed by atoms with E-state index in [1.54, 1.807) is 25.3 Å². The molecule has 0 unspecified atom stereocenters. The van der Waals surface area contributed by atoms with Gasteiger partial charge in [0.15, 0.2) is 11.5 Å². The largest absolute Gasteiger partial charge is 0.497 e. The molecule has 158 valence electrons. The molecule has 0 saturated carbocycles. The van der Waals surface area contributed by atoms with Gasteiger partial charge < -0.3 is 24.1 Å². The summed E-state index contributed by atoms with van der Waals surface area (Å²) in [7, 11) is 1.59. The molecule has 1 fully saturated rings. The summed E-state index contributed by atoms with van der Waals surface area (Å²) in [6, 6.07) is 10.8. The number of benzene rings is 2. The van der Waals surface area contributed by atoms with Gasteiger partial charge >= 0.3 is 5.97 Å². The Hall–Kier alpha value is -2.70. The Labute approximate surface area is 180 Å². The Balaban J connectivity index is 1.67. The molecule has 0 aliphatic carbocycles. The predicted octanol–water partition coefficient (Wildman–Crippen LogP) is 4.22. The van der Waals surface area contributed by atoms with E-state index in [0.717, 1.165) is 16.9 Å². The van der Waals surface area contributed by atoms with Crippen molar-refractivity contribution in [2.75, 3.05) is 13.9 Å². The van der Waals surface area contributed by atoms with Crippen molar-refractivity contribution in [1.29, 1.82) is 0 Å². The number of aliphatic hydroxyl groups is 1. The average Bonchev–Trinajstić information content (AvgIpc) is 3.28. The zero-order chi connectivity index (χ0) is 21.5. The van der Waals surface area contributed by atoms with E-state index in [1.807, 2.05) is 38.1 Å². The number of fused-ring (bicyclic) bond motifs is 1. The second-order valence-electron chi connectivity index (χ2n) is 7.75. The van der Waals surface area contributed by atoms with E-state index >= 15 is 0 Å². The van der Waals surface area contributed by atoms with Gasteiger partial charge in [0, 0.05) is 0 Å². The van der Waals surface area contributed by atoms with Crippen LogP contribution in [0.5, 0.6) is 17.2 Å². The van der Waals surface area contributed by atoms with E-state index < -0.39 is 17.5 Å². The highest BCUT2D eigenvalue weighted by Crippen LogP contribution is 2.46. The van der Waals surface area contributed by atoms with Gasteiger partial charge in [-0.15, -0.1) is 0 Å². The van der Waals surface area contributed by atoms with Crippen LogP contribution >= 0.6 is 11.6 Å². The van der Waals surface area contributed by atoms with Gasteiger partial charge in [-0.2, -0.15) is 0 Å². The second-order valence-corrected chi connectivity index (χ2v) is 8.16. The molecule has 2 aromatic rings. The molecular formula is C23H23ClO6. The van der Waals surface area contributed by atoms with Crippen molar-refractivity contribution in [2.24, 2.45) is 11.8 Å². The third kappa shape index (κ3) is 3.50. The molecular weight excluding hydrogens is 408 g/mol. The zero-order valence-electron chi connectivity index (χ0n) is 17.0. The van der Waals surface area contributed by atoms with Gasteiger partial charge in [0.1, 0.15) is 17.1 Å². The van der Waals surface area contributed by atoms with E-state index in [1.165, 1.54) is 0 Å². The first-order valence-corrected chi connectivity index (χ1v) is 10.1. The number of carbonyl (C=O) groups excluding carboxylic acids is 1. The molecule has 0 radical (unpaired) electrons. The van der Waals surface area contributed by atoms with Crippen molar-refractivity contribution in [3.8, 4) is 17.2 Å². The van der Waals surface area contributed by atoms with Crippen LogP contribution in [0.2, 0.25) is 5.02 Å². The summed E-state index contributed by atoms with van der Waals surface area (Å²) in [5.74, 6) is 0.474. The molecule has 2 heterocycles. The molecule has 2 aliphatic rings. The number of cyclic esters (lactones) is 1. The van der Waals surface area contributed by atoms with Crippen molar-refractivity contribution in [3.63, 3.8) is 0 Å². The normalized spacial score (nSPS) is 23.9. The van der Waals surface area contributed by atoms with Crippen LogP contribution in [0.1, 0.15) is 25.0 Å². The van der Waals surface area contributed by atoms with Gasteiger partial charge in [-0.3, -0.25) is 4.79 Å². The number of rotatable bonds is 5. The fraction of sp³-hybridized carbons (Fsp3) is 0.348. The molecule has 0 amide bonds. The molecule has 1 N–H and O–H groups in total. The van der Waals surface area contributed by atoms with Crippen molar-refractivity contribution >= 4 is 23.6 Å². The van der Waals surface area contributed by atoms with E-state index in [9.17, 15) is 9.90 Å². The molecule has 30 heavy (non-hydrogen) atoms. The molecule has 1 saturated heterocycles. The quantitative estimate of drug-likeness (QED) is 0.716. The maximum Gasteiger partial charge on any atom is 0.317 e. The third-order valence-electron chi connectivity index (χ3n) is 5.64. The van der Waals surface area contributed by atoms with Crippen LogP contribution in [-0.4, -0.2) is 30.6 Å². The number of hydrogen-bond acceptors (Lipinski definition) is 6. The summed E-state index contributed by atoms with van der Waals surface area (Å²) in [4.78, 5) is 12.8. The SMILES string of the molecule is COc1ccc(C=C2OC(=O)[C@H](Cc3cc(Cl)c4c(c3)OCO4)[C@]2(O)C(C)C)cc1. The molecule has 4 rings (SSSR count). The predicted molar refractivity (Wildman–Crippen MR) is 112 cm³/mol. The Morgan fingerprint density at radius 2 is 2.00 bits per heavy atom. The lowest BCUT2D eigenvalue weighted by Gasteiger charge is -2.31. The Morgan fingerprint density at radius 1 is 1.27 bits per heavy atom. The van der Waals surface area contributed by atoms with Gasteiger partial charge in [-0.1, -0.05) is 37.6 Å². The Bertz CT molecular complexity index is 997. The first-order chi connectivity index (χ1) is 14.3. The summed E-state index contributed by atoms with van der Waals surface area (Å²) < 4.78 is 21.5. The highest BCUT2D eigenvalue weighted by atomic mass is 35.5. The van der Waals surface area contributed by atoms with Crippen LogP contribution in [0.4, 0.5) is 0 Å². The van der Waals surface area contributed by atoms with Gasteiger partial charge in [-0.05, 0) is 53.8 Å². The van der Waals surface area contributed by atoms with Gasteiger partial charge in [0.25, 0.3) is 0 Å². The highest BCUT2D eigenvalue weighted by molar-refractivity contribution is 6.32. The maximum atomic E-state index is 12.8. The van der Waals surface area contributed by atoms with Crippen molar-refractivity contribution in [2.45, 2.75) is 25.9 Å². The number of ether oxygens (including phenoxy) is 4. The standard InChI is InChI=1S/C23H23ClO6/c1-13(2)23(26)17(8-15-9-18(24)21-19(10-15)28-12-29-21)22(25)30-20(23)11-14-4-6-16(27-3)7-5-14/h4-7,9-11,13,17,26H,8,12H2,1-3H3/t17-,23+/m0/s1. The van der Waals surface area contributed by atoms with E-state index in [-0.39, 0.29) is 24.9 Å². The number of halogens is 1. The van der Waals surface area contributed by atoms with Gasteiger partial charge in [0.05, 0.1) is 18.1 Å². The van der Waals surface area contributed by atoms with Crippen LogP contribution < -0.4 is 14.2 Å². The number of esters is 1. The number of hydrogen-bond donors (Lipinski definition) is 1. The molecule has 0 aromatic heterocycles. The summed E-state index contributed by atoms with van der Waals surface area (Å²) >= 11 is 6.29. The fourth-order valence-electron chi connectivity index (χ4n) is 3.91. The number of carbonyl (C=O) groups is 1. The summed E-state index contributed by atoms with van der Waals surface area (Å²) in [5, 5.41) is 12.0. The fourth-order valence-corrected chi connectivity index (χ4v) is 4.20. The lowest BCUT2D eigenvalue weighted by atomic mass is 9.75. The first kappa shape index (κ1) is 20.6. The summed E-state index contributed by atoms with van der Waals surface area (Å²) in [6.07, 6.45) is 1.95. The second kappa shape index (κ2) is 7.85. The summed E-state index contributed by atoms with van der Waals surface area (Å²) in [5.41, 5.74) is 0.0975. The first-order valence-electron chi connectivity index (χ1n) is 9.71. The lowest BCUT2D eigenvalue weighted by Crippen LogP contribution is -2.43. The highest BCUT2D eigenvalue weighted by Gasteiger charge is 2.55.